The molecule has 1 aliphatic rings. The largest absolute Gasteiger partial charge is 0.480 e. The maximum absolute atomic E-state index is 13.4. The molecule has 1 amide bonds. The van der Waals surface area contributed by atoms with E-state index in [1.54, 1.807) is 29.2 Å². The number of hydrogen-bond acceptors (Lipinski definition) is 5. The van der Waals surface area contributed by atoms with Gasteiger partial charge in [-0.25, -0.2) is 4.79 Å². The average Bonchev–Trinajstić information content (AvgIpc) is 2.67. The summed E-state index contributed by atoms with van der Waals surface area (Å²) in [5.74, 6) is 1.20. The molecule has 8 heteroatoms. The minimum Gasteiger partial charge on any atom is -0.480 e. The number of benzene rings is 1. The van der Waals surface area contributed by atoms with Gasteiger partial charge in [-0.2, -0.15) is 0 Å². The number of ketones is 1. The maximum Gasteiger partial charge on any atom is 0.332 e. The van der Waals surface area contributed by atoms with E-state index in [1.165, 1.54) is 0 Å². The first-order chi connectivity index (χ1) is 14.3. The number of rotatable bonds is 6. The minimum atomic E-state index is -2.29. The van der Waals surface area contributed by atoms with Crippen LogP contribution in [0.25, 0.3) is 0 Å². The van der Waals surface area contributed by atoms with Crippen LogP contribution in [0, 0.1) is 34.5 Å². The number of amidine groups is 1. The number of nitrogens with zero attached hydrogens (tertiary/aromatic N) is 1. The minimum absolute atomic E-state index is 0.0808. The third-order valence-electron chi connectivity index (χ3n) is 5.40. The van der Waals surface area contributed by atoms with Gasteiger partial charge in [-0.3, -0.25) is 15.0 Å². The molecule has 0 aliphatic carbocycles. The van der Waals surface area contributed by atoms with Crippen molar-refractivity contribution in [1.82, 2.24) is 0 Å². The zero-order valence-electron chi connectivity index (χ0n) is 18.4. The summed E-state index contributed by atoms with van der Waals surface area (Å²) in [6.07, 6.45) is 0.982. The fourth-order valence-corrected chi connectivity index (χ4v) is 3.62. The van der Waals surface area contributed by atoms with E-state index in [-0.39, 0.29) is 11.7 Å². The number of aliphatic carboxylic acids is 1. The number of piperidine rings is 1. The summed E-state index contributed by atoms with van der Waals surface area (Å²) in [5, 5.41) is 17.3. The SMILES string of the molecule is CC(=O)C(N)(C(=O)O)C(C#CC(C)(C)C)C1CCCN(c2ccc(C(=N)N)cc2)C1=O. The predicted octanol–water partition coefficient (Wildman–Crippen LogP) is 1.75. The Balaban J connectivity index is 2.51. The summed E-state index contributed by atoms with van der Waals surface area (Å²) < 4.78 is 0. The van der Waals surface area contributed by atoms with Crippen molar-refractivity contribution in [2.45, 2.75) is 46.1 Å². The number of nitrogen functional groups attached to an aromatic ring is 1. The molecule has 0 saturated carbocycles. The van der Waals surface area contributed by atoms with Gasteiger partial charge in [-0.05, 0) is 64.8 Å². The van der Waals surface area contributed by atoms with Crippen molar-refractivity contribution < 1.29 is 19.5 Å². The Hall–Kier alpha value is -3.18. The molecule has 166 valence electrons. The molecule has 8 nitrogen and oxygen atoms in total. The van der Waals surface area contributed by atoms with E-state index in [1.807, 2.05) is 20.8 Å². The standard InChI is InChI=1S/C23H30N4O4/c1-14(28)23(26,21(30)31)18(11-12-22(2,3)4)17-6-5-13-27(20(17)29)16-9-7-15(8-10-16)19(24)25/h7-10,17-18H,5-6,13,26H2,1-4H3,(H3,24,25)(H,30,31). The molecule has 1 heterocycles. The zero-order valence-corrected chi connectivity index (χ0v) is 18.4. The van der Waals surface area contributed by atoms with Crippen LogP contribution in [0.4, 0.5) is 5.69 Å². The first kappa shape index (κ1) is 24.1. The Morgan fingerprint density at radius 3 is 2.29 bits per heavy atom. The van der Waals surface area contributed by atoms with Gasteiger partial charge in [-0.1, -0.05) is 11.8 Å². The molecule has 0 spiro atoms. The third kappa shape index (κ3) is 5.12. The number of hydrogen-bond donors (Lipinski definition) is 4. The number of anilines is 1. The second-order valence-corrected chi connectivity index (χ2v) is 8.93. The number of nitrogens with two attached hydrogens (primary N) is 2. The molecule has 1 saturated heterocycles. The van der Waals surface area contributed by atoms with Crippen molar-refractivity contribution in [3.8, 4) is 11.8 Å². The highest BCUT2D eigenvalue weighted by molar-refractivity contribution is 6.08. The van der Waals surface area contributed by atoms with Crippen LogP contribution < -0.4 is 16.4 Å². The van der Waals surface area contributed by atoms with E-state index in [2.05, 4.69) is 11.8 Å². The van der Waals surface area contributed by atoms with Crippen molar-refractivity contribution in [3.05, 3.63) is 29.8 Å². The molecular formula is C23H30N4O4. The zero-order chi connectivity index (χ0) is 23.6. The van der Waals surface area contributed by atoms with Crippen LogP contribution in [0.15, 0.2) is 24.3 Å². The van der Waals surface area contributed by atoms with Gasteiger partial charge in [0.1, 0.15) is 5.84 Å². The van der Waals surface area contributed by atoms with Crippen LogP contribution in [-0.2, 0) is 14.4 Å². The van der Waals surface area contributed by atoms with Crippen LogP contribution in [0.1, 0.15) is 46.1 Å². The van der Waals surface area contributed by atoms with Crippen LogP contribution in [0.2, 0.25) is 0 Å². The summed E-state index contributed by atoms with van der Waals surface area (Å²) in [6.45, 7) is 7.13. The van der Waals surface area contributed by atoms with Crippen molar-refractivity contribution in [1.29, 1.82) is 5.41 Å². The first-order valence-corrected chi connectivity index (χ1v) is 10.1. The Kier molecular flexibility index (Phi) is 6.92. The summed E-state index contributed by atoms with van der Waals surface area (Å²) in [5.41, 5.74) is 9.99. The molecule has 6 N–H and O–H groups in total. The highest BCUT2D eigenvalue weighted by Gasteiger charge is 2.52. The predicted molar refractivity (Wildman–Crippen MR) is 118 cm³/mol. The fourth-order valence-electron chi connectivity index (χ4n) is 3.62. The van der Waals surface area contributed by atoms with Crippen molar-refractivity contribution in [2.24, 2.45) is 28.7 Å². The lowest BCUT2D eigenvalue weighted by Crippen LogP contribution is -2.63. The van der Waals surface area contributed by atoms with E-state index in [0.717, 1.165) is 6.92 Å². The average molecular weight is 427 g/mol. The lowest BCUT2D eigenvalue weighted by atomic mass is 9.70. The summed E-state index contributed by atoms with van der Waals surface area (Å²) in [4.78, 5) is 39.4. The molecular weight excluding hydrogens is 396 g/mol. The Bertz CT molecular complexity index is 937. The Labute approximate surface area is 182 Å². The topological polar surface area (TPSA) is 151 Å². The second kappa shape index (κ2) is 8.90. The summed E-state index contributed by atoms with van der Waals surface area (Å²) in [6, 6.07) is 6.66. The fraction of sp³-hybridized carbons (Fsp3) is 0.478. The van der Waals surface area contributed by atoms with Crippen LogP contribution in [-0.4, -0.2) is 40.7 Å². The van der Waals surface area contributed by atoms with E-state index in [9.17, 15) is 19.5 Å². The van der Waals surface area contributed by atoms with Gasteiger partial charge in [0, 0.05) is 23.2 Å². The van der Waals surface area contributed by atoms with Crippen molar-refractivity contribution in [3.63, 3.8) is 0 Å². The number of Topliss-reactive ketones (excluding diaryl/α,β-unsaturated/α-hetero) is 1. The van der Waals surface area contributed by atoms with Crippen LogP contribution >= 0.6 is 0 Å². The Morgan fingerprint density at radius 2 is 1.84 bits per heavy atom. The number of carboxylic acids is 1. The quantitative estimate of drug-likeness (QED) is 0.235. The highest BCUT2D eigenvalue weighted by Crippen LogP contribution is 2.35. The summed E-state index contributed by atoms with van der Waals surface area (Å²) in [7, 11) is 0. The van der Waals surface area contributed by atoms with Gasteiger partial charge >= 0.3 is 5.97 Å². The van der Waals surface area contributed by atoms with Gasteiger partial charge in [0.15, 0.2) is 11.3 Å². The maximum atomic E-state index is 13.4. The number of amides is 1. The lowest BCUT2D eigenvalue weighted by Gasteiger charge is -2.39. The molecule has 3 unspecified atom stereocenters. The van der Waals surface area contributed by atoms with E-state index in [0.29, 0.717) is 30.6 Å². The molecule has 1 aliphatic heterocycles. The molecule has 31 heavy (non-hydrogen) atoms. The molecule has 1 aromatic carbocycles. The first-order valence-electron chi connectivity index (χ1n) is 10.1. The van der Waals surface area contributed by atoms with Crippen LogP contribution in [0.5, 0.6) is 0 Å². The second-order valence-electron chi connectivity index (χ2n) is 8.93. The molecule has 1 aromatic rings. The van der Waals surface area contributed by atoms with Gasteiger partial charge in [-0.15, -0.1) is 0 Å². The third-order valence-corrected chi connectivity index (χ3v) is 5.40. The molecule has 3 atom stereocenters. The van der Waals surface area contributed by atoms with Gasteiger partial charge in [0.25, 0.3) is 0 Å². The van der Waals surface area contributed by atoms with E-state index >= 15 is 0 Å². The van der Waals surface area contributed by atoms with E-state index in [4.69, 9.17) is 16.9 Å². The van der Waals surface area contributed by atoms with Gasteiger partial charge < -0.3 is 21.5 Å². The molecule has 0 radical (unpaired) electrons. The normalized spacial score (nSPS) is 19.6. The highest BCUT2D eigenvalue weighted by atomic mass is 16.4. The van der Waals surface area contributed by atoms with Gasteiger partial charge in [0.05, 0.1) is 11.8 Å². The van der Waals surface area contributed by atoms with Crippen molar-refractivity contribution in [2.75, 3.05) is 11.4 Å². The molecule has 0 bridgehead atoms. The van der Waals surface area contributed by atoms with Crippen molar-refractivity contribution >= 4 is 29.2 Å². The Morgan fingerprint density at radius 1 is 1.26 bits per heavy atom. The number of carbonyl (C=O) groups excluding carboxylic acids is 2. The molecule has 0 aromatic heterocycles. The monoisotopic (exact) mass is 426 g/mol. The molecule has 1 fully saturated rings. The van der Waals surface area contributed by atoms with Crippen LogP contribution in [0.3, 0.4) is 0 Å². The lowest BCUT2D eigenvalue weighted by molar-refractivity contribution is -0.150. The van der Waals surface area contributed by atoms with Gasteiger partial charge in [0.2, 0.25) is 5.91 Å². The smallest absolute Gasteiger partial charge is 0.332 e. The number of carboxylic acid groups (broad SMARTS) is 1. The number of carbonyl (C=O) groups is 3. The number of nitrogens with one attached hydrogen (secondary N) is 1. The molecule has 2 rings (SSSR count). The van der Waals surface area contributed by atoms with E-state index < -0.39 is 34.5 Å². The summed E-state index contributed by atoms with van der Waals surface area (Å²) >= 11 is 0.